The standard InChI is InChI=1S/C12H20N2S/c1-10-5-9-15-12(10)11(4-6-13)14-7-2-3-8-14/h5,9,11H,2-4,6-8,13H2,1H3. The van der Waals surface area contributed by atoms with Crippen molar-refractivity contribution in [2.75, 3.05) is 19.6 Å². The largest absolute Gasteiger partial charge is 0.330 e. The molecule has 1 aromatic rings. The van der Waals surface area contributed by atoms with E-state index in [4.69, 9.17) is 5.73 Å². The molecule has 0 bridgehead atoms. The normalized spacial score (nSPS) is 19.6. The number of hydrogen-bond acceptors (Lipinski definition) is 3. The molecule has 0 amide bonds. The van der Waals surface area contributed by atoms with Gasteiger partial charge in [0, 0.05) is 10.9 Å². The third kappa shape index (κ3) is 2.41. The van der Waals surface area contributed by atoms with Crippen molar-refractivity contribution in [2.24, 2.45) is 5.73 Å². The van der Waals surface area contributed by atoms with Crippen molar-refractivity contribution in [2.45, 2.75) is 32.2 Å². The van der Waals surface area contributed by atoms with Gasteiger partial charge in [-0.15, -0.1) is 11.3 Å². The van der Waals surface area contributed by atoms with Crippen LogP contribution < -0.4 is 5.73 Å². The molecule has 1 aliphatic rings. The fraction of sp³-hybridized carbons (Fsp3) is 0.667. The van der Waals surface area contributed by atoms with Gasteiger partial charge in [0.1, 0.15) is 0 Å². The van der Waals surface area contributed by atoms with Crippen molar-refractivity contribution in [1.29, 1.82) is 0 Å². The first-order valence-corrected chi connectivity index (χ1v) is 6.69. The van der Waals surface area contributed by atoms with E-state index in [0.717, 1.165) is 13.0 Å². The minimum Gasteiger partial charge on any atom is -0.330 e. The highest BCUT2D eigenvalue weighted by molar-refractivity contribution is 7.10. The molecule has 0 aliphatic carbocycles. The number of rotatable bonds is 4. The van der Waals surface area contributed by atoms with E-state index in [1.807, 2.05) is 11.3 Å². The van der Waals surface area contributed by atoms with Gasteiger partial charge in [0.15, 0.2) is 0 Å². The van der Waals surface area contributed by atoms with Crippen LogP contribution in [0.5, 0.6) is 0 Å². The third-order valence-electron chi connectivity index (χ3n) is 3.23. The molecule has 0 aromatic carbocycles. The quantitative estimate of drug-likeness (QED) is 0.851. The Morgan fingerprint density at radius 3 is 2.73 bits per heavy atom. The molecular weight excluding hydrogens is 204 g/mol. The zero-order valence-electron chi connectivity index (χ0n) is 9.41. The smallest absolute Gasteiger partial charge is 0.0456 e. The zero-order valence-corrected chi connectivity index (χ0v) is 10.2. The zero-order chi connectivity index (χ0) is 10.7. The molecule has 1 unspecified atom stereocenters. The SMILES string of the molecule is Cc1ccsc1C(CCN)N1CCCC1. The Morgan fingerprint density at radius 2 is 2.20 bits per heavy atom. The minimum atomic E-state index is 0.581. The van der Waals surface area contributed by atoms with Crippen molar-refractivity contribution < 1.29 is 0 Å². The summed E-state index contributed by atoms with van der Waals surface area (Å²) in [5, 5.41) is 2.20. The lowest BCUT2D eigenvalue weighted by molar-refractivity contribution is 0.239. The summed E-state index contributed by atoms with van der Waals surface area (Å²) in [5.74, 6) is 0. The maximum atomic E-state index is 5.73. The molecule has 84 valence electrons. The molecule has 2 heterocycles. The fourth-order valence-corrected chi connectivity index (χ4v) is 3.51. The molecular formula is C12H20N2S. The molecule has 1 saturated heterocycles. The molecule has 15 heavy (non-hydrogen) atoms. The molecule has 2 nitrogen and oxygen atoms in total. The molecule has 2 N–H and O–H groups in total. The molecule has 0 saturated carbocycles. The summed E-state index contributed by atoms with van der Waals surface area (Å²) in [6, 6.07) is 2.80. The van der Waals surface area contributed by atoms with Crippen molar-refractivity contribution >= 4 is 11.3 Å². The second-order valence-corrected chi connectivity index (χ2v) is 5.25. The number of nitrogens with zero attached hydrogens (tertiary/aromatic N) is 1. The summed E-state index contributed by atoms with van der Waals surface area (Å²) in [5.41, 5.74) is 7.17. The van der Waals surface area contributed by atoms with Crippen molar-refractivity contribution in [3.8, 4) is 0 Å². The van der Waals surface area contributed by atoms with E-state index in [1.54, 1.807) is 0 Å². The van der Waals surface area contributed by atoms with Crippen LogP contribution >= 0.6 is 11.3 Å². The summed E-state index contributed by atoms with van der Waals surface area (Å²) >= 11 is 1.89. The Morgan fingerprint density at radius 1 is 1.47 bits per heavy atom. The van der Waals surface area contributed by atoms with Crippen LogP contribution in [0.15, 0.2) is 11.4 Å². The van der Waals surface area contributed by atoms with Crippen LogP contribution in [0.3, 0.4) is 0 Å². The maximum Gasteiger partial charge on any atom is 0.0456 e. The van der Waals surface area contributed by atoms with Crippen LogP contribution in [0.2, 0.25) is 0 Å². The molecule has 1 fully saturated rings. The molecule has 1 aromatic heterocycles. The van der Waals surface area contributed by atoms with Gasteiger partial charge in [0.2, 0.25) is 0 Å². The van der Waals surface area contributed by atoms with Crippen molar-refractivity contribution in [3.05, 3.63) is 21.9 Å². The summed E-state index contributed by atoms with van der Waals surface area (Å²) in [4.78, 5) is 4.13. The Kier molecular flexibility index (Phi) is 3.78. The number of hydrogen-bond donors (Lipinski definition) is 1. The molecule has 0 spiro atoms. The van der Waals surface area contributed by atoms with E-state index in [1.165, 1.54) is 36.4 Å². The number of thiophene rings is 1. The topological polar surface area (TPSA) is 29.3 Å². The van der Waals surface area contributed by atoms with Crippen LogP contribution in [-0.2, 0) is 0 Å². The number of nitrogens with two attached hydrogens (primary N) is 1. The van der Waals surface area contributed by atoms with E-state index in [-0.39, 0.29) is 0 Å². The molecule has 2 rings (SSSR count). The summed E-state index contributed by atoms with van der Waals surface area (Å²) in [6.45, 7) is 5.51. The summed E-state index contributed by atoms with van der Waals surface area (Å²) in [7, 11) is 0. The summed E-state index contributed by atoms with van der Waals surface area (Å²) in [6.07, 6.45) is 3.80. The lowest BCUT2D eigenvalue weighted by atomic mass is 10.1. The minimum absolute atomic E-state index is 0.581. The van der Waals surface area contributed by atoms with Crippen LogP contribution in [0.1, 0.15) is 35.7 Å². The third-order valence-corrected chi connectivity index (χ3v) is 4.35. The van der Waals surface area contributed by atoms with Crippen molar-refractivity contribution in [1.82, 2.24) is 4.90 Å². The highest BCUT2D eigenvalue weighted by Crippen LogP contribution is 2.33. The monoisotopic (exact) mass is 224 g/mol. The molecule has 0 radical (unpaired) electrons. The lowest BCUT2D eigenvalue weighted by Gasteiger charge is -2.27. The Balaban J connectivity index is 2.15. The lowest BCUT2D eigenvalue weighted by Crippen LogP contribution is -2.27. The van der Waals surface area contributed by atoms with E-state index in [2.05, 4.69) is 23.3 Å². The first kappa shape index (κ1) is 11.1. The highest BCUT2D eigenvalue weighted by atomic mass is 32.1. The fourth-order valence-electron chi connectivity index (χ4n) is 2.42. The average Bonchev–Trinajstić information content (AvgIpc) is 2.85. The Hall–Kier alpha value is -0.380. The number of aryl methyl sites for hydroxylation is 1. The van der Waals surface area contributed by atoms with E-state index < -0.39 is 0 Å². The first-order chi connectivity index (χ1) is 7.33. The number of likely N-dealkylation sites (tertiary alicyclic amines) is 1. The van der Waals surface area contributed by atoms with E-state index >= 15 is 0 Å². The van der Waals surface area contributed by atoms with Gasteiger partial charge in [-0.05, 0) is 62.8 Å². The molecule has 1 atom stereocenters. The van der Waals surface area contributed by atoms with Crippen molar-refractivity contribution in [3.63, 3.8) is 0 Å². The first-order valence-electron chi connectivity index (χ1n) is 5.81. The Labute approximate surface area is 96.1 Å². The predicted octanol–water partition coefficient (Wildman–Crippen LogP) is 2.54. The van der Waals surface area contributed by atoms with Crippen LogP contribution in [0, 0.1) is 6.92 Å². The van der Waals surface area contributed by atoms with Crippen LogP contribution in [-0.4, -0.2) is 24.5 Å². The van der Waals surface area contributed by atoms with Gasteiger partial charge in [-0.2, -0.15) is 0 Å². The maximum absolute atomic E-state index is 5.73. The molecule has 1 aliphatic heterocycles. The van der Waals surface area contributed by atoms with Gasteiger partial charge in [-0.1, -0.05) is 0 Å². The predicted molar refractivity (Wildman–Crippen MR) is 66.3 cm³/mol. The van der Waals surface area contributed by atoms with Gasteiger partial charge >= 0.3 is 0 Å². The van der Waals surface area contributed by atoms with Gasteiger partial charge in [0.25, 0.3) is 0 Å². The Bertz CT molecular complexity index is 302. The molecule has 3 heteroatoms. The van der Waals surface area contributed by atoms with Crippen LogP contribution in [0.4, 0.5) is 0 Å². The average molecular weight is 224 g/mol. The second kappa shape index (κ2) is 5.10. The van der Waals surface area contributed by atoms with Crippen LogP contribution in [0.25, 0.3) is 0 Å². The second-order valence-electron chi connectivity index (χ2n) is 4.30. The van der Waals surface area contributed by atoms with E-state index in [0.29, 0.717) is 6.04 Å². The van der Waals surface area contributed by atoms with E-state index in [9.17, 15) is 0 Å². The van der Waals surface area contributed by atoms with Gasteiger partial charge in [-0.25, -0.2) is 0 Å². The van der Waals surface area contributed by atoms with Gasteiger partial charge in [0.05, 0.1) is 0 Å². The van der Waals surface area contributed by atoms with Gasteiger partial charge in [-0.3, -0.25) is 4.90 Å². The summed E-state index contributed by atoms with van der Waals surface area (Å²) < 4.78 is 0. The van der Waals surface area contributed by atoms with Gasteiger partial charge < -0.3 is 5.73 Å². The highest BCUT2D eigenvalue weighted by Gasteiger charge is 2.24.